The molecule has 0 aliphatic rings. The van der Waals surface area contributed by atoms with Crippen LogP contribution in [-0.4, -0.2) is 23.9 Å². The summed E-state index contributed by atoms with van der Waals surface area (Å²) >= 11 is 6.05. The second-order valence-electron chi connectivity index (χ2n) is 7.14. The van der Waals surface area contributed by atoms with Crippen molar-refractivity contribution in [1.29, 1.82) is 0 Å². The van der Waals surface area contributed by atoms with Crippen LogP contribution >= 0.6 is 11.6 Å². The fourth-order valence-electron chi connectivity index (χ4n) is 3.20. The molecule has 1 heterocycles. The second kappa shape index (κ2) is 8.62. The minimum Gasteiger partial charge on any atom is -0.496 e. The molecule has 0 amide bonds. The quantitative estimate of drug-likeness (QED) is 0.364. The van der Waals surface area contributed by atoms with E-state index in [0.29, 0.717) is 22.3 Å². The van der Waals surface area contributed by atoms with E-state index in [1.807, 2.05) is 0 Å². The molecule has 0 atom stereocenters. The van der Waals surface area contributed by atoms with E-state index in [4.69, 9.17) is 20.8 Å². The van der Waals surface area contributed by atoms with Crippen molar-refractivity contribution in [3.8, 4) is 5.75 Å². The van der Waals surface area contributed by atoms with Gasteiger partial charge in [0.2, 0.25) is 5.09 Å². The van der Waals surface area contributed by atoms with E-state index < -0.39 is 20.0 Å². The van der Waals surface area contributed by atoms with E-state index in [1.54, 1.807) is 31.2 Å². The molecule has 4 aromatic rings. The standard InChI is InChI=1S/C22H19ClN2O6S2/c1-14-11-17(8-10-20(14)30-2)32(26,27)24-18-9-7-16(23)13-19(18)25-33(28,29)22-12-15-5-3-4-6-21(15)31-22/h3-13,24-25H,1-2H3. The minimum absolute atomic E-state index is 0.00689. The Morgan fingerprint density at radius 3 is 2.27 bits per heavy atom. The molecular weight excluding hydrogens is 488 g/mol. The SMILES string of the molecule is COc1ccc(S(=O)(=O)Nc2ccc(Cl)cc2NS(=O)(=O)c2cc3ccccc3o2)cc1C. The number of rotatable bonds is 7. The third kappa shape index (κ3) is 4.77. The Labute approximate surface area is 196 Å². The summed E-state index contributed by atoms with van der Waals surface area (Å²) in [6.45, 7) is 1.72. The number of methoxy groups -OCH3 is 1. The molecule has 0 fully saturated rings. The number of aryl methyl sites for hydroxylation is 1. The Hall–Kier alpha value is -3.21. The molecule has 8 nitrogen and oxygen atoms in total. The average Bonchev–Trinajstić information content (AvgIpc) is 3.21. The Morgan fingerprint density at radius 1 is 0.848 bits per heavy atom. The molecular formula is C22H19ClN2O6S2. The lowest BCUT2D eigenvalue weighted by Gasteiger charge is -2.15. The van der Waals surface area contributed by atoms with Gasteiger partial charge in [-0.25, -0.2) is 8.42 Å². The maximum atomic E-state index is 13.0. The smallest absolute Gasteiger partial charge is 0.295 e. The number of furan rings is 1. The highest BCUT2D eigenvalue weighted by Gasteiger charge is 2.23. The lowest BCUT2D eigenvalue weighted by molar-refractivity contribution is 0.411. The van der Waals surface area contributed by atoms with Gasteiger partial charge in [-0.1, -0.05) is 29.8 Å². The van der Waals surface area contributed by atoms with E-state index in [-0.39, 0.29) is 26.4 Å². The van der Waals surface area contributed by atoms with E-state index in [1.165, 1.54) is 49.6 Å². The van der Waals surface area contributed by atoms with Gasteiger partial charge < -0.3 is 9.15 Å². The molecule has 172 valence electrons. The van der Waals surface area contributed by atoms with Crippen LogP contribution in [0.15, 0.2) is 81.1 Å². The van der Waals surface area contributed by atoms with E-state index in [9.17, 15) is 16.8 Å². The van der Waals surface area contributed by atoms with Crippen molar-refractivity contribution in [2.24, 2.45) is 0 Å². The zero-order valence-corrected chi connectivity index (χ0v) is 19.9. The van der Waals surface area contributed by atoms with Crippen LogP contribution in [0.2, 0.25) is 5.02 Å². The maximum absolute atomic E-state index is 13.0. The Bertz CT molecular complexity index is 1530. The van der Waals surface area contributed by atoms with Crippen LogP contribution in [0.3, 0.4) is 0 Å². The zero-order valence-electron chi connectivity index (χ0n) is 17.5. The van der Waals surface area contributed by atoms with Crippen molar-refractivity contribution in [2.75, 3.05) is 16.6 Å². The van der Waals surface area contributed by atoms with E-state index >= 15 is 0 Å². The molecule has 0 saturated heterocycles. The first-order chi connectivity index (χ1) is 15.6. The summed E-state index contributed by atoms with van der Waals surface area (Å²) in [4.78, 5) is -0.0122. The Morgan fingerprint density at radius 2 is 1.58 bits per heavy atom. The lowest BCUT2D eigenvalue weighted by atomic mass is 10.2. The van der Waals surface area contributed by atoms with Crippen molar-refractivity contribution in [1.82, 2.24) is 0 Å². The van der Waals surface area contributed by atoms with Crippen molar-refractivity contribution >= 4 is 54.0 Å². The average molecular weight is 507 g/mol. The predicted octanol–water partition coefficient (Wildman–Crippen LogP) is 5.00. The van der Waals surface area contributed by atoms with Gasteiger partial charge in [-0.15, -0.1) is 0 Å². The van der Waals surface area contributed by atoms with Gasteiger partial charge in [0.1, 0.15) is 11.3 Å². The first kappa shape index (κ1) is 23.0. The third-order valence-corrected chi connectivity index (χ3v) is 7.63. The maximum Gasteiger partial charge on any atom is 0.295 e. The number of benzene rings is 3. The number of halogens is 1. The van der Waals surface area contributed by atoms with E-state index in [2.05, 4.69) is 9.44 Å². The monoisotopic (exact) mass is 506 g/mol. The second-order valence-corrected chi connectivity index (χ2v) is 10.9. The van der Waals surface area contributed by atoms with Crippen LogP contribution in [-0.2, 0) is 20.0 Å². The summed E-state index contributed by atoms with van der Waals surface area (Å²) in [6, 6.07) is 16.7. The normalized spacial score (nSPS) is 12.0. The number of sulfonamides is 2. The van der Waals surface area contributed by atoms with Crippen molar-refractivity contribution in [2.45, 2.75) is 16.9 Å². The van der Waals surface area contributed by atoms with E-state index in [0.717, 1.165) is 0 Å². The van der Waals surface area contributed by atoms with Crippen molar-refractivity contribution < 1.29 is 26.0 Å². The summed E-state index contributed by atoms with van der Waals surface area (Å²) in [6.07, 6.45) is 0. The molecule has 4 rings (SSSR count). The summed E-state index contributed by atoms with van der Waals surface area (Å²) in [5, 5.41) is 0.503. The molecule has 0 bridgehead atoms. The molecule has 0 aliphatic heterocycles. The largest absolute Gasteiger partial charge is 0.496 e. The summed E-state index contributed by atoms with van der Waals surface area (Å²) in [7, 11) is -6.73. The van der Waals surface area contributed by atoms with Crippen molar-refractivity contribution in [3.63, 3.8) is 0 Å². The topological polar surface area (TPSA) is 115 Å². The van der Waals surface area contributed by atoms with Crippen LogP contribution in [0, 0.1) is 6.92 Å². The molecule has 0 spiro atoms. The molecule has 0 aliphatic carbocycles. The summed E-state index contributed by atoms with van der Waals surface area (Å²) in [5.74, 6) is 0.541. The molecule has 0 saturated carbocycles. The van der Waals surface area contributed by atoms with Crippen LogP contribution < -0.4 is 14.2 Å². The van der Waals surface area contributed by atoms with Crippen molar-refractivity contribution in [3.05, 3.63) is 77.3 Å². The minimum atomic E-state index is -4.18. The number of nitrogens with one attached hydrogen (secondary N) is 2. The molecule has 0 unspecified atom stereocenters. The molecule has 1 aromatic heterocycles. The number of hydrogen-bond acceptors (Lipinski definition) is 6. The van der Waals surface area contributed by atoms with Crippen LogP contribution in [0.5, 0.6) is 5.75 Å². The highest BCUT2D eigenvalue weighted by Crippen LogP contribution is 2.32. The molecule has 3 aromatic carbocycles. The van der Waals surface area contributed by atoms with Gasteiger partial charge in [0.05, 0.1) is 23.4 Å². The van der Waals surface area contributed by atoms with Crippen LogP contribution in [0.1, 0.15) is 5.56 Å². The fraction of sp³-hybridized carbons (Fsp3) is 0.0909. The molecule has 11 heteroatoms. The van der Waals surface area contributed by atoms with Gasteiger partial charge in [0, 0.05) is 16.5 Å². The highest BCUT2D eigenvalue weighted by atomic mass is 35.5. The number of fused-ring (bicyclic) bond motifs is 1. The number of hydrogen-bond donors (Lipinski definition) is 2. The molecule has 33 heavy (non-hydrogen) atoms. The third-order valence-electron chi connectivity index (χ3n) is 4.81. The van der Waals surface area contributed by atoms with Crippen LogP contribution in [0.25, 0.3) is 11.0 Å². The van der Waals surface area contributed by atoms with Crippen LogP contribution in [0.4, 0.5) is 11.4 Å². The number of anilines is 2. The predicted molar refractivity (Wildman–Crippen MR) is 127 cm³/mol. The Balaban J connectivity index is 1.68. The number of ether oxygens (including phenoxy) is 1. The van der Waals surface area contributed by atoms with Gasteiger partial charge in [-0.2, -0.15) is 8.42 Å². The lowest BCUT2D eigenvalue weighted by Crippen LogP contribution is -2.17. The zero-order chi connectivity index (χ0) is 23.8. The Kier molecular flexibility index (Phi) is 6.00. The summed E-state index contributed by atoms with van der Waals surface area (Å²) < 4.78 is 67.2. The first-order valence-corrected chi connectivity index (χ1v) is 12.9. The number of para-hydroxylation sites is 1. The van der Waals surface area contributed by atoms with Gasteiger partial charge >= 0.3 is 0 Å². The fourth-order valence-corrected chi connectivity index (χ4v) is 5.57. The van der Waals surface area contributed by atoms with Gasteiger partial charge in [0.15, 0.2) is 0 Å². The first-order valence-electron chi connectivity index (χ1n) is 9.57. The van der Waals surface area contributed by atoms with Gasteiger partial charge in [-0.05, 0) is 55.0 Å². The highest BCUT2D eigenvalue weighted by molar-refractivity contribution is 7.93. The molecule has 2 N–H and O–H groups in total. The molecule has 0 radical (unpaired) electrons. The summed E-state index contributed by atoms with van der Waals surface area (Å²) in [5.41, 5.74) is 0.964. The van der Waals surface area contributed by atoms with Gasteiger partial charge in [0.25, 0.3) is 20.0 Å². The van der Waals surface area contributed by atoms with Gasteiger partial charge in [-0.3, -0.25) is 9.44 Å².